The van der Waals surface area contributed by atoms with Crippen LogP contribution in [0.4, 0.5) is 0 Å². The lowest BCUT2D eigenvalue weighted by Gasteiger charge is -2.26. The van der Waals surface area contributed by atoms with E-state index in [2.05, 4.69) is 15.3 Å². The highest BCUT2D eigenvalue weighted by Gasteiger charge is 2.27. The quantitative estimate of drug-likeness (QED) is 0.784. The maximum atomic E-state index is 12.4. The molecule has 0 fully saturated rings. The van der Waals surface area contributed by atoms with Crippen LogP contribution in [0.15, 0.2) is 30.6 Å². The SMILES string of the molecule is COCCN1CCn2cc(C(=O)NCCc3ccccn3)nc2C1=O. The first-order valence-electron chi connectivity index (χ1n) is 8.22. The van der Waals surface area contributed by atoms with E-state index in [4.69, 9.17) is 4.74 Å². The number of hydrogen-bond donors (Lipinski definition) is 1. The maximum absolute atomic E-state index is 12.4. The van der Waals surface area contributed by atoms with Crippen molar-refractivity contribution >= 4 is 11.8 Å². The highest BCUT2D eigenvalue weighted by Crippen LogP contribution is 2.13. The van der Waals surface area contributed by atoms with Gasteiger partial charge in [-0.3, -0.25) is 14.6 Å². The molecule has 1 N–H and O–H groups in total. The Balaban J connectivity index is 1.59. The highest BCUT2D eigenvalue weighted by atomic mass is 16.5. The van der Waals surface area contributed by atoms with Gasteiger partial charge in [-0.15, -0.1) is 0 Å². The molecule has 0 bridgehead atoms. The van der Waals surface area contributed by atoms with Crippen molar-refractivity contribution in [3.05, 3.63) is 47.8 Å². The van der Waals surface area contributed by atoms with E-state index in [9.17, 15) is 9.59 Å². The summed E-state index contributed by atoms with van der Waals surface area (Å²) in [6, 6.07) is 5.67. The molecule has 8 nitrogen and oxygen atoms in total. The molecule has 0 atom stereocenters. The molecule has 132 valence electrons. The Morgan fingerprint density at radius 1 is 1.36 bits per heavy atom. The summed E-state index contributed by atoms with van der Waals surface area (Å²) in [5, 5.41) is 2.82. The zero-order chi connectivity index (χ0) is 17.6. The van der Waals surface area contributed by atoms with Gasteiger partial charge in [0, 0.05) is 57.8 Å². The Labute approximate surface area is 145 Å². The number of pyridine rings is 1. The van der Waals surface area contributed by atoms with Crippen molar-refractivity contribution in [1.29, 1.82) is 0 Å². The first-order valence-corrected chi connectivity index (χ1v) is 8.22. The monoisotopic (exact) mass is 343 g/mol. The summed E-state index contributed by atoms with van der Waals surface area (Å²) in [7, 11) is 1.60. The number of nitrogens with one attached hydrogen (secondary N) is 1. The summed E-state index contributed by atoms with van der Waals surface area (Å²) < 4.78 is 6.75. The second-order valence-corrected chi connectivity index (χ2v) is 5.76. The van der Waals surface area contributed by atoms with E-state index in [1.54, 1.807) is 29.0 Å². The van der Waals surface area contributed by atoms with E-state index in [-0.39, 0.29) is 17.5 Å². The smallest absolute Gasteiger partial charge is 0.290 e. The van der Waals surface area contributed by atoms with Gasteiger partial charge in [0.05, 0.1) is 6.61 Å². The summed E-state index contributed by atoms with van der Waals surface area (Å²) in [5.74, 6) is -0.151. The number of nitrogens with zero attached hydrogens (tertiary/aromatic N) is 4. The van der Waals surface area contributed by atoms with Crippen LogP contribution in [0.1, 0.15) is 26.8 Å². The molecule has 0 radical (unpaired) electrons. The van der Waals surface area contributed by atoms with Gasteiger partial charge in [-0.25, -0.2) is 4.98 Å². The molecule has 2 amide bonds. The van der Waals surface area contributed by atoms with E-state index in [1.807, 2.05) is 18.2 Å². The molecule has 25 heavy (non-hydrogen) atoms. The number of carbonyl (C=O) groups excluding carboxylic acids is 2. The minimum absolute atomic E-state index is 0.171. The molecule has 1 aliphatic rings. The summed E-state index contributed by atoms with van der Waals surface area (Å²) >= 11 is 0. The van der Waals surface area contributed by atoms with Crippen molar-refractivity contribution in [3.63, 3.8) is 0 Å². The average Bonchev–Trinajstić information content (AvgIpc) is 3.07. The molecule has 0 spiro atoms. The Hall–Kier alpha value is -2.74. The third-order valence-electron chi connectivity index (χ3n) is 4.06. The lowest BCUT2D eigenvalue weighted by Crippen LogP contribution is -2.42. The summed E-state index contributed by atoms with van der Waals surface area (Å²) in [6.45, 7) is 2.68. The Morgan fingerprint density at radius 2 is 2.24 bits per heavy atom. The van der Waals surface area contributed by atoms with Crippen molar-refractivity contribution in [3.8, 4) is 0 Å². The van der Waals surface area contributed by atoms with Crippen LogP contribution in [0.3, 0.4) is 0 Å². The lowest BCUT2D eigenvalue weighted by atomic mass is 10.2. The van der Waals surface area contributed by atoms with Crippen LogP contribution < -0.4 is 5.32 Å². The fourth-order valence-electron chi connectivity index (χ4n) is 2.69. The summed E-state index contributed by atoms with van der Waals surface area (Å²) in [6.07, 6.45) is 4.00. The van der Waals surface area contributed by atoms with Crippen LogP contribution in [0.5, 0.6) is 0 Å². The minimum Gasteiger partial charge on any atom is -0.383 e. The number of fused-ring (bicyclic) bond motifs is 1. The van der Waals surface area contributed by atoms with Crippen LogP contribution in [0.2, 0.25) is 0 Å². The van der Waals surface area contributed by atoms with Crippen LogP contribution >= 0.6 is 0 Å². The largest absolute Gasteiger partial charge is 0.383 e. The van der Waals surface area contributed by atoms with Gasteiger partial charge in [0.15, 0.2) is 5.82 Å². The number of hydrogen-bond acceptors (Lipinski definition) is 5. The van der Waals surface area contributed by atoms with Gasteiger partial charge >= 0.3 is 0 Å². The van der Waals surface area contributed by atoms with E-state index in [1.165, 1.54) is 0 Å². The van der Waals surface area contributed by atoms with Crippen LogP contribution in [0, 0.1) is 0 Å². The molecule has 0 aliphatic carbocycles. The highest BCUT2D eigenvalue weighted by molar-refractivity contribution is 5.96. The predicted octanol–water partition coefficient (Wildman–Crippen LogP) is 0.353. The molecule has 8 heteroatoms. The average molecular weight is 343 g/mol. The Bertz CT molecular complexity index is 744. The van der Waals surface area contributed by atoms with Gasteiger partial charge in [-0.2, -0.15) is 0 Å². The number of carbonyl (C=O) groups is 2. The normalized spacial score (nSPS) is 13.6. The van der Waals surface area contributed by atoms with Gasteiger partial charge < -0.3 is 19.5 Å². The zero-order valence-corrected chi connectivity index (χ0v) is 14.1. The summed E-state index contributed by atoms with van der Waals surface area (Å²) in [5.41, 5.74) is 1.17. The molecule has 0 unspecified atom stereocenters. The Kier molecular flexibility index (Phi) is 5.39. The molecule has 1 aliphatic heterocycles. The lowest BCUT2D eigenvalue weighted by molar-refractivity contribution is 0.0633. The van der Waals surface area contributed by atoms with Gasteiger partial charge in [0.25, 0.3) is 11.8 Å². The number of aromatic nitrogens is 3. The minimum atomic E-state index is -0.283. The fourth-order valence-corrected chi connectivity index (χ4v) is 2.69. The van der Waals surface area contributed by atoms with Gasteiger partial charge in [-0.05, 0) is 12.1 Å². The first kappa shape index (κ1) is 17.1. The topological polar surface area (TPSA) is 89.3 Å². The maximum Gasteiger partial charge on any atom is 0.290 e. The van der Waals surface area contributed by atoms with Crippen molar-refractivity contribution in [2.24, 2.45) is 0 Å². The molecular formula is C17H21N5O3. The van der Waals surface area contributed by atoms with Crippen molar-refractivity contribution < 1.29 is 14.3 Å². The van der Waals surface area contributed by atoms with Crippen molar-refractivity contribution in [1.82, 2.24) is 24.8 Å². The second kappa shape index (κ2) is 7.89. The zero-order valence-electron chi connectivity index (χ0n) is 14.1. The number of methoxy groups -OCH3 is 1. The van der Waals surface area contributed by atoms with Crippen molar-refractivity contribution in [2.45, 2.75) is 13.0 Å². The number of ether oxygens (including phenoxy) is 1. The number of imidazole rings is 1. The second-order valence-electron chi connectivity index (χ2n) is 5.76. The summed E-state index contributed by atoms with van der Waals surface area (Å²) in [4.78, 5) is 34.8. The number of amides is 2. The van der Waals surface area contributed by atoms with Gasteiger partial charge in [-0.1, -0.05) is 6.07 Å². The number of rotatable bonds is 7. The molecular weight excluding hydrogens is 322 g/mol. The molecule has 2 aromatic heterocycles. The molecule has 0 aromatic carbocycles. The fraction of sp³-hybridized carbons (Fsp3) is 0.412. The van der Waals surface area contributed by atoms with E-state index in [0.29, 0.717) is 45.0 Å². The first-order chi connectivity index (χ1) is 12.2. The van der Waals surface area contributed by atoms with Gasteiger partial charge in [0.2, 0.25) is 0 Å². The molecule has 3 rings (SSSR count). The van der Waals surface area contributed by atoms with E-state index < -0.39 is 0 Å². The molecule has 2 aromatic rings. The third kappa shape index (κ3) is 4.03. The van der Waals surface area contributed by atoms with Crippen LogP contribution in [-0.4, -0.2) is 64.6 Å². The van der Waals surface area contributed by atoms with Crippen molar-refractivity contribution in [2.75, 3.05) is 33.4 Å². The Morgan fingerprint density at radius 3 is 3.00 bits per heavy atom. The molecule has 0 saturated carbocycles. The van der Waals surface area contributed by atoms with Crippen LogP contribution in [0.25, 0.3) is 0 Å². The molecule has 0 saturated heterocycles. The van der Waals surface area contributed by atoms with Gasteiger partial charge in [0.1, 0.15) is 5.69 Å². The van der Waals surface area contributed by atoms with Crippen LogP contribution in [-0.2, 0) is 17.7 Å². The third-order valence-corrected chi connectivity index (χ3v) is 4.06. The van der Waals surface area contributed by atoms with E-state index in [0.717, 1.165) is 5.69 Å². The van der Waals surface area contributed by atoms with E-state index >= 15 is 0 Å². The predicted molar refractivity (Wildman–Crippen MR) is 90.3 cm³/mol. The molecule has 3 heterocycles. The standard InChI is InChI=1S/C17H21N5O3/c1-25-11-10-21-8-9-22-12-14(20-15(22)17(21)24)16(23)19-7-5-13-4-2-3-6-18-13/h2-4,6,12H,5,7-11H2,1H3,(H,19,23).